The highest BCUT2D eigenvalue weighted by Crippen LogP contribution is 2.32. The topological polar surface area (TPSA) is 34.1 Å². The average Bonchev–Trinajstić information content (AvgIpc) is 2.73. The molecule has 1 N–H and O–H groups in total. The molecule has 7 heteroatoms. The quantitative estimate of drug-likeness (QED) is 0.854. The fourth-order valence-electron chi connectivity index (χ4n) is 1.31. The van der Waals surface area contributed by atoms with Crippen LogP contribution in [0.3, 0.4) is 0 Å². The SMILES string of the molecule is FC(F)(F)c1csc(OC2CCNC2)n1. The van der Waals surface area contributed by atoms with Crippen LogP contribution in [0.4, 0.5) is 13.2 Å². The molecular weight excluding hydrogens is 229 g/mol. The summed E-state index contributed by atoms with van der Waals surface area (Å²) < 4.78 is 41.9. The molecule has 3 nitrogen and oxygen atoms in total. The van der Waals surface area contributed by atoms with Crippen LogP contribution in [0.2, 0.25) is 0 Å². The van der Waals surface area contributed by atoms with Crippen molar-refractivity contribution in [3.63, 3.8) is 0 Å². The van der Waals surface area contributed by atoms with E-state index >= 15 is 0 Å². The Morgan fingerprint density at radius 3 is 2.87 bits per heavy atom. The Morgan fingerprint density at radius 2 is 2.33 bits per heavy atom. The van der Waals surface area contributed by atoms with Gasteiger partial charge in [-0.1, -0.05) is 11.3 Å². The summed E-state index contributed by atoms with van der Waals surface area (Å²) in [5.74, 6) is 0. The van der Waals surface area contributed by atoms with Crippen LogP contribution in [0.25, 0.3) is 0 Å². The summed E-state index contributed by atoms with van der Waals surface area (Å²) in [5.41, 5.74) is -0.881. The lowest BCUT2D eigenvalue weighted by molar-refractivity contribution is -0.140. The summed E-state index contributed by atoms with van der Waals surface area (Å²) in [4.78, 5) is 3.39. The molecule has 0 saturated carbocycles. The molecule has 1 aromatic heterocycles. The molecule has 15 heavy (non-hydrogen) atoms. The van der Waals surface area contributed by atoms with Gasteiger partial charge in [0, 0.05) is 11.9 Å². The number of hydrogen-bond donors (Lipinski definition) is 1. The van der Waals surface area contributed by atoms with Crippen LogP contribution in [0.1, 0.15) is 12.1 Å². The van der Waals surface area contributed by atoms with Gasteiger partial charge in [0.05, 0.1) is 0 Å². The molecule has 0 aromatic carbocycles. The number of thiazole rings is 1. The standard InChI is InChI=1S/C8H9F3N2OS/c9-8(10,11)6-4-15-7(13-6)14-5-1-2-12-3-5/h4-5,12H,1-3H2. The van der Waals surface area contributed by atoms with Crippen LogP contribution in [0.15, 0.2) is 5.38 Å². The van der Waals surface area contributed by atoms with Crippen molar-refractivity contribution in [2.45, 2.75) is 18.7 Å². The Bertz CT molecular complexity index is 333. The summed E-state index contributed by atoms with van der Waals surface area (Å²) in [5, 5.41) is 4.12. The fraction of sp³-hybridized carbons (Fsp3) is 0.625. The minimum atomic E-state index is -4.38. The first-order valence-corrected chi connectivity index (χ1v) is 5.34. The first-order valence-electron chi connectivity index (χ1n) is 4.46. The van der Waals surface area contributed by atoms with E-state index in [0.29, 0.717) is 6.54 Å². The Labute approximate surface area is 88.3 Å². The molecular formula is C8H9F3N2OS. The van der Waals surface area contributed by atoms with Gasteiger partial charge in [0.25, 0.3) is 5.19 Å². The van der Waals surface area contributed by atoms with E-state index in [4.69, 9.17) is 4.74 Å². The van der Waals surface area contributed by atoms with E-state index in [1.165, 1.54) is 0 Å². The fourth-order valence-corrected chi connectivity index (χ4v) is 2.05. The molecule has 1 fully saturated rings. The minimum Gasteiger partial charge on any atom is -0.465 e. The third-order valence-corrected chi connectivity index (χ3v) is 2.79. The molecule has 1 atom stereocenters. The van der Waals surface area contributed by atoms with Gasteiger partial charge in [-0.05, 0) is 13.0 Å². The molecule has 1 aliphatic rings. The number of ether oxygens (including phenoxy) is 1. The van der Waals surface area contributed by atoms with Crippen LogP contribution >= 0.6 is 11.3 Å². The first-order chi connectivity index (χ1) is 7.05. The second-order valence-electron chi connectivity index (χ2n) is 3.23. The molecule has 84 valence electrons. The predicted octanol–water partition coefficient (Wildman–Crippen LogP) is 1.90. The molecule has 0 bridgehead atoms. The van der Waals surface area contributed by atoms with Gasteiger partial charge in [0.1, 0.15) is 6.10 Å². The monoisotopic (exact) mass is 238 g/mol. The highest BCUT2D eigenvalue weighted by Gasteiger charge is 2.34. The van der Waals surface area contributed by atoms with Crippen LogP contribution in [-0.4, -0.2) is 24.2 Å². The third kappa shape index (κ3) is 2.60. The summed E-state index contributed by atoms with van der Waals surface area (Å²) in [6, 6.07) is 0. The number of nitrogens with one attached hydrogen (secondary N) is 1. The number of aromatic nitrogens is 1. The normalized spacial score (nSPS) is 21.9. The van der Waals surface area contributed by atoms with Gasteiger partial charge in [-0.2, -0.15) is 18.2 Å². The molecule has 2 rings (SSSR count). The van der Waals surface area contributed by atoms with E-state index in [1.807, 2.05) is 0 Å². The second-order valence-corrected chi connectivity index (χ2v) is 4.05. The Kier molecular flexibility index (Phi) is 2.83. The molecule has 1 unspecified atom stereocenters. The van der Waals surface area contributed by atoms with Crippen molar-refractivity contribution in [1.29, 1.82) is 0 Å². The van der Waals surface area contributed by atoms with Crippen molar-refractivity contribution in [2.24, 2.45) is 0 Å². The molecule has 0 aliphatic carbocycles. The lowest BCUT2D eigenvalue weighted by Gasteiger charge is -2.08. The van der Waals surface area contributed by atoms with Gasteiger partial charge in [0.15, 0.2) is 5.69 Å². The number of halogens is 3. The van der Waals surface area contributed by atoms with Gasteiger partial charge >= 0.3 is 6.18 Å². The van der Waals surface area contributed by atoms with Crippen molar-refractivity contribution < 1.29 is 17.9 Å². The zero-order valence-corrected chi connectivity index (χ0v) is 8.49. The van der Waals surface area contributed by atoms with E-state index in [0.717, 1.165) is 29.7 Å². The molecule has 1 aromatic rings. The maximum atomic E-state index is 12.2. The zero-order valence-electron chi connectivity index (χ0n) is 7.67. The van der Waals surface area contributed by atoms with Crippen LogP contribution in [-0.2, 0) is 6.18 Å². The number of rotatable bonds is 2. The van der Waals surface area contributed by atoms with Crippen molar-refractivity contribution in [3.05, 3.63) is 11.1 Å². The second kappa shape index (κ2) is 3.97. The van der Waals surface area contributed by atoms with E-state index in [-0.39, 0.29) is 11.3 Å². The van der Waals surface area contributed by atoms with E-state index < -0.39 is 11.9 Å². The Hall–Kier alpha value is -0.820. The molecule has 2 heterocycles. The first kappa shape index (κ1) is 10.7. The maximum Gasteiger partial charge on any atom is 0.434 e. The van der Waals surface area contributed by atoms with Gasteiger partial charge in [-0.15, -0.1) is 0 Å². The Balaban J connectivity index is 2.00. The number of hydrogen-bond acceptors (Lipinski definition) is 4. The van der Waals surface area contributed by atoms with Crippen LogP contribution in [0, 0.1) is 0 Å². The van der Waals surface area contributed by atoms with Gasteiger partial charge in [-0.25, -0.2) is 0 Å². The molecule has 0 spiro atoms. The van der Waals surface area contributed by atoms with E-state index in [9.17, 15) is 13.2 Å². The number of alkyl halides is 3. The summed E-state index contributed by atoms with van der Waals surface area (Å²) in [6.07, 6.45) is -3.63. The van der Waals surface area contributed by atoms with Gasteiger partial charge in [-0.3, -0.25) is 0 Å². The summed E-state index contributed by atoms with van der Waals surface area (Å²) >= 11 is 0.882. The smallest absolute Gasteiger partial charge is 0.434 e. The molecule has 0 amide bonds. The lowest BCUT2D eigenvalue weighted by Crippen LogP contribution is -2.19. The summed E-state index contributed by atoms with van der Waals surface area (Å²) in [6.45, 7) is 1.50. The molecule has 1 saturated heterocycles. The predicted molar refractivity (Wildman–Crippen MR) is 49.0 cm³/mol. The highest BCUT2D eigenvalue weighted by atomic mass is 32.1. The van der Waals surface area contributed by atoms with E-state index in [2.05, 4.69) is 10.3 Å². The minimum absolute atomic E-state index is 0.0581. The zero-order chi connectivity index (χ0) is 10.9. The maximum absolute atomic E-state index is 12.2. The van der Waals surface area contributed by atoms with Crippen molar-refractivity contribution >= 4 is 11.3 Å². The third-order valence-electron chi connectivity index (χ3n) is 2.06. The van der Waals surface area contributed by atoms with Crippen molar-refractivity contribution in [1.82, 2.24) is 10.3 Å². The summed E-state index contributed by atoms with van der Waals surface area (Å²) in [7, 11) is 0. The van der Waals surface area contributed by atoms with Crippen LogP contribution < -0.4 is 10.1 Å². The Morgan fingerprint density at radius 1 is 1.53 bits per heavy atom. The number of nitrogens with zero attached hydrogens (tertiary/aromatic N) is 1. The lowest BCUT2D eigenvalue weighted by atomic mass is 10.3. The largest absolute Gasteiger partial charge is 0.465 e. The van der Waals surface area contributed by atoms with E-state index in [1.54, 1.807) is 0 Å². The molecule has 1 aliphatic heterocycles. The molecule has 0 radical (unpaired) electrons. The van der Waals surface area contributed by atoms with Gasteiger partial charge in [0.2, 0.25) is 0 Å². The van der Waals surface area contributed by atoms with Gasteiger partial charge < -0.3 is 10.1 Å². The highest BCUT2D eigenvalue weighted by molar-refractivity contribution is 7.11. The van der Waals surface area contributed by atoms with Crippen molar-refractivity contribution in [2.75, 3.05) is 13.1 Å². The average molecular weight is 238 g/mol. The van der Waals surface area contributed by atoms with Crippen LogP contribution in [0.5, 0.6) is 5.19 Å². The van der Waals surface area contributed by atoms with Crippen molar-refractivity contribution in [3.8, 4) is 5.19 Å².